The van der Waals surface area contributed by atoms with Gasteiger partial charge < -0.3 is 10.6 Å². The van der Waals surface area contributed by atoms with Crippen molar-refractivity contribution in [1.29, 1.82) is 0 Å². The van der Waals surface area contributed by atoms with E-state index < -0.39 is 6.43 Å². The molecule has 0 aromatic heterocycles. The Kier molecular flexibility index (Phi) is 7.29. The number of hydrogen-bond acceptors (Lipinski definition) is 2. The molecule has 1 atom stereocenters. The first-order valence-electron chi connectivity index (χ1n) is 4.39. The van der Waals surface area contributed by atoms with E-state index in [4.69, 9.17) is 0 Å². The topological polar surface area (TPSA) is 24.1 Å². The van der Waals surface area contributed by atoms with Gasteiger partial charge in [-0.3, -0.25) is 0 Å². The fraction of sp³-hybridized carbons (Fsp3) is 1.00. The number of rotatable bonds is 7. The van der Waals surface area contributed by atoms with Crippen LogP contribution in [0.4, 0.5) is 8.78 Å². The fourth-order valence-electron chi connectivity index (χ4n) is 0.762. The predicted octanol–water partition coefficient (Wildman–Crippen LogP) is 1.23. The third kappa shape index (κ3) is 7.88. The number of nitrogens with one attached hydrogen (secondary N) is 2. The first-order valence-corrected chi connectivity index (χ1v) is 4.39. The van der Waals surface area contributed by atoms with E-state index in [9.17, 15) is 8.78 Å². The molecule has 0 spiro atoms. The van der Waals surface area contributed by atoms with Crippen molar-refractivity contribution in [3.63, 3.8) is 0 Å². The van der Waals surface area contributed by atoms with Crippen LogP contribution in [0.25, 0.3) is 0 Å². The monoisotopic (exact) mass is 180 g/mol. The highest BCUT2D eigenvalue weighted by atomic mass is 19.3. The molecule has 0 fully saturated rings. The Morgan fingerprint density at radius 2 is 1.92 bits per heavy atom. The molecule has 12 heavy (non-hydrogen) atoms. The van der Waals surface area contributed by atoms with Gasteiger partial charge >= 0.3 is 0 Å². The van der Waals surface area contributed by atoms with E-state index in [1.807, 2.05) is 0 Å². The quantitative estimate of drug-likeness (QED) is 0.576. The van der Waals surface area contributed by atoms with Gasteiger partial charge in [0.05, 0.1) is 6.54 Å². The molecule has 0 aliphatic carbocycles. The van der Waals surface area contributed by atoms with Crippen molar-refractivity contribution in [3.8, 4) is 0 Å². The first-order chi connectivity index (χ1) is 5.66. The van der Waals surface area contributed by atoms with Gasteiger partial charge in [0.1, 0.15) is 0 Å². The van der Waals surface area contributed by atoms with Crippen molar-refractivity contribution in [2.75, 3.05) is 19.6 Å². The smallest absolute Gasteiger partial charge is 0.250 e. The summed E-state index contributed by atoms with van der Waals surface area (Å²) in [5, 5.41) is 5.85. The first kappa shape index (κ1) is 11.8. The van der Waals surface area contributed by atoms with E-state index in [0.29, 0.717) is 12.6 Å². The van der Waals surface area contributed by atoms with Gasteiger partial charge in [0.25, 0.3) is 6.43 Å². The van der Waals surface area contributed by atoms with Crippen molar-refractivity contribution in [3.05, 3.63) is 0 Å². The molecule has 0 saturated heterocycles. The summed E-state index contributed by atoms with van der Waals surface area (Å²) in [5.41, 5.74) is 0. The summed E-state index contributed by atoms with van der Waals surface area (Å²) < 4.78 is 23.2. The zero-order valence-electron chi connectivity index (χ0n) is 7.74. The standard InChI is InChI=1S/C8H18F2N2/c1-3-7(2)12-5-4-11-6-8(9)10/h7-8,11-12H,3-6H2,1-2H3. The Balaban J connectivity index is 3.00. The molecular formula is C8H18F2N2. The molecule has 0 aromatic carbocycles. The minimum absolute atomic E-state index is 0.206. The lowest BCUT2D eigenvalue weighted by atomic mass is 10.3. The van der Waals surface area contributed by atoms with Gasteiger partial charge in [-0.25, -0.2) is 8.78 Å². The van der Waals surface area contributed by atoms with Crippen LogP contribution < -0.4 is 10.6 Å². The van der Waals surface area contributed by atoms with E-state index in [1.54, 1.807) is 0 Å². The molecule has 0 rings (SSSR count). The maximum atomic E-state index is 11.6. The van der Waals surface area contributed by atoms with Crippen LogP contribution in [0, 0.1) is 0 Å². The molecule has 74 valence electrons. The Hall–Kier alpha value is -0.220. The second-order valence-corrected chi connectivity index (χ2v) is 2.86. The molecule has 2 nitrogen and oxygen atoms in total. The second-order valence-electron chi connectivity index (χ2n) is 2.86. The molecule has 0 saturated carbocycles. The molecule has 0 bridgehead atoms. The minimum atomic E-state index is -2.24. The molecule has 4 heteroatoms. The van der Waals surface area contributed by atoms with Gasteiger partial charge in [0, 0.05) is 19.1 Å². The highest BCUT2D eigenvalue weighted by Crippen LogP contribution is 1.87. The summed E-state index contributed by atoms with van der Waals surface area (Å²) in [6, 6.07) is 0.471. The molecule has 0 heterocycles. The minimum Gasteiger partial charge on any atom is -0.313 e. The predicted molar refractivity (Wildman–Crippen MR) is 46.6 cm³/mol. The van der Waals surface area contributed by atoms with Gasteiger partial charge in [-0.05, 0) is 13.3 Å². The van der Waals surface area contributed by atoms with Crippen molar-refractivity contribution in [2.45, 2.75) is 32.7 Å². The molecule has 0 radical (unpaired) electrons. The van der Waals surface area contributed by atoms with Crippen LogP contribution in [0.15, 0.2) is 0 Å². The van der Waals surface area contributed by atoms with E-state index in [2.05, 4.69) is 24.5 Å². The van der Waals surface area contributed by atoms with Gasteiger partial charge in [-0.15, -0.1) is 0 Å². The lowest BCUT2D eigenvalue weighted by Crippen LogP contribution is -2.34. The Bertz CT molecular complexity index is 99.1. The highest BCUT2D eigenvalue weighted by molar-refractivity contribution is 4.59. The van der Waals surface area contributed by atoms with Crippen LogP contribution in [0.2, 0.25) is 0 Å². The number of hydrogen-bond donors (Lipinski definition) is 2. The zero-order valence-corrected chi connectivity index (χ0v) is 7.74. The Labute approximate surface area is 72.7 Å². The second kappa shape index (κ2) is 7.43. The van der Waals surface area contributed by atoms with Gasteiger partial charge in [-0.2, -0.15) is 0 Å². The normalized spacial score (nSPS) is 13.8. The van der Waals surface area contributed by atoms with Crippen LogP contribution in [0.5, 0.6) is 0 Å². The molecule has 0 amide bonds. The SMILES string of the molecule is CCC(C)NCCNCC(F)F. The third-order valence-corrected chi connectivity index (χ3v) is 1.71. The van der Waals surface area contributed by atoms with E-state index in [-0.39, 0.29) is 6.54 Å². The van der Waals surface area contributed by atoms with Crippen LogP contribution >= 0.6 is 0 Å². The molecule has 0 aliphatic heterocycles. The molecule has 1 unspecified atom stereocenters. The average Bonchev–Trinajstić information content (AvgIpc) is 2.03. The van der Waals surface area contributed by atoms with Gasteiger partial charge in [-0.1, -0.05) is 6.92 Å². The lowest BCUT2D eigenvalue weighted by molar-refractivity contribution is 0.146. The summed E-state index contributed by atoms with van der Waals surface area (Å²) in [5.74, 6) is 0. The lowest BCUT2D eigenvalue weighted by Gasteiger charge is -2.11. The summed E-state index contributed by atoms with van der Waals surface area (Å²) in [6.07, 6.45) is -1.18. The van der Waals surface area contributed by atoms with Gasteiger partial charge in [0.2, 0.25) is 0 Å². The molecule has 0 aromatic rings. The molecular weight excluding hydrogens is 162 g/mol. The van der Waals surface area contributed by atoms with Crippen LogP contribution in [-0.4, -0.2) is 32.1 Å². The third-order valence-electron chi connectivity index (χ3n) is 1.71. The summed E-state index contributed by atoms with van der Waals surface area (Å²) in [7, 11) is 0. The van der Waals surface area contributed by atoms with Crippen molar-refractivity contribution in [1.82, 2.24) is 10.6 Å². The summed E-state index contributed by atoms with van der Waals surface area (Å²) in [4.78, 5) is 0. The van der Waals surface area contributed by atoms with Crippen molar-refractivity contribution < 1.29 is 8.78 Å². The molecule has 2 N–H and O–H groups in total. The van der Waals surface area contributed by atoms with Crippen LogP contribution in [-0.2, 0) is 0 Å². The Morgan fingerprint density at radius 1 is 1.25 bits per heavy atom. The van der Waals surface area contributed by atoms with E-state index >= 15 is 0 Å². The summed E-state index contributed by atoms with van der Waals surface area (Å²) >= 11 is 0. The van der Waals surface area contributed by atoms with Crippen LogP contribution in [0.3, 0.4) is 0 Å². The average molecular weight is 180 g/mol. The fourth-order valence-corrected chi connectivity index (χ4v) is 0.762. The number of halogens is 2. The summed E-state index contributed by atoms with van der Waals surface area (Å²) in [6.45, 7) is 5.32. The maximum Gasteiger partial charge on any atom is 0.250 e. The number of alkyl halides is 2. The Morgan fingerprint density at radius 3 is 2.42 bits per heavy atom. The highest BCUT2D eigenvalue weighted by Gasteiger charge is 2.00. The van der Waals surface area contributed by atoms with Crippen LogP contribution in [0.1, 0.15) is 20.3 Å². The van der Waals surface area contributed by atoms with E-state index in [0.717, 1.165) is 13.0 Å². The van der Waals surface area contributed by atoms with Crippen molar-refractivity contribution >= 4 is 0 Å². The maximum absolute atomic E-state index is 11.6. The van der Waals surface area contributed by atoms with E-state index in [1.165, 1.54) is 0 Å². The van der Waals surface area contributed by atoms with Crippen molar-refractivity contribution in [2.24, 2.45) is 0 Å². The zero-order chi connectivity index (χ0) is 9.40. The van der Waals surface area contributed by atoms with Gasteiger partial charge in [0.15, 0.2) is 0 Å². The largest absolute Gasteiger partial charge is 0.313 e. The molecule has 0 aliphatic rings.